The molecule has 0 saturated carbocycles. The van der Waals surface area contributed by atoms with Crippen molar-refractivity contribution >= 4 is 12.0 Å². The highest BCUT2D eigenvalue weighted by Gasteiger charge is 2.23. The Hall–Kier alpha value is -1.30. The molecule has 1 unspecified atom stereocenters. The predicted molar refractivity (Wildman–Crippen MR) is 57.2 cm³/mol. The summed E-state index contributed by atoms with van der Waals surface area (Å²) in [6.45, 7) is 1.64. The summed E-state index contributed by atoms with van der Waals surface area (Å²) in [5.41, 5.74) is 0. The van der Waals surface area contributed by atoms with Crippen LogP contribution in [0.25, 0.3) is 0 Å². The number of carboxylic acids is 1. The van der Waals surface area contributed by atoms with Crippen LogP contribution in [0.3, 0.4) is 0 Å². The van der Waals surface area contributed by atoms with Gasteiger partial charge in [-0.3, -0.25) is 4.79 Å². The van der Waals surface area contributed by atoms with Crippen LogP contribution in [-0.2, 0) is 9.53 Å². The lowest BCUT2D eigenvalue weighted by Gasteiger charge is -2.32. The number of carbonyl (C=O) groups excluding carboxylic acids is 1. The van der Waals surface area contributed by atoms with E-state index in [1.54, 1.807) is 12.0 Å². The molecule has 1 rings (SSSR count). The molecule has 0 radical (unpaired) electrons. The van der Waals surface area contributed by atoms with Gasteiger partial charge in [0.1, 0.15) is 6.54 Å². The van der Waals surface area contributed by atoms with Gasteiger partial charge in [-0.2, -0.15) is 0 Å². The third-order valence-corrected chi connectivity index (χ3v) is 2.60. The number of piperidine rings is 1. The Morgan fingerprint density at radius 2 is 2.31 bits per heavy atom. The second-order valence-corrected chi connectivity index (χ2v) is 3.96. The molecule has 2 amide bonds. The molecule has 1 aliphatic rings. The Labute approximate surface area is 94.6 Å². The van der Waals surface area contributed by atoms with Gasteiger partial charge >= 0.3 is 12.0 Å². The van der Waals surface area contributed by atoms with Crippen LogP contribution < -0.4 is 5.32 Å². The zero-order chi connectivity index (χ0) is 12.0. The molecule has 1 aliphatic heterocycles. The number of nitrogens with one attached hydrogen (secondary N) is 1. The van der Waals surface area contributed by atoms with Crippen molar-refractivity contribution in [3.63, 3.8) is 0 Å². The van der Waals surface area contributed by atoms with Crippen LogP contribution in [0.1, 0.15) is 12.8 Å². The van der Waals surface area contributed by atoms with Gasteiger partial charge in [0.05, 0.1) is 6.61 Å². The number of likely N-dealkylation sites (tertiary alicyclic amines) is 1. The van der Waals surface area contributed by atoms with E-state index < -0.39 is 5.97 Å². The summed E-state index contributed by atoms with van der Waals surface area (Å²) in [6.07, 6.45) is 1.99. The Morgan fingerprint density at radius 1 is 1.56 bits per heavy atom. The fourth-order valence-corrected chi connectivity index (χ4v) is 1.88. The molecule has 0 bridgehead atoms. The van der Waals surface area contributed by atoms with Crippen molar-refractivity contribution < 1.29 is 19.4 Å². The molecule has 92 valence electrons. The van der Waals surface area contributed by atoms with Crippen LogP contribution in [-0.4, -0.2) is 55.4 Å². The first-order chi connectivity index (χ1) is 7.63. The molecule has 0 aliphatic carbocycles. The first-order valence-electron chi connectivity index (χ1n) is 5.37. The number of hydrogen-bond acceptors (Lipinski definition) is 3. The first-order valence-corrected chi connectivity index (χ1v) is 5.37. The third-order valence-electron chi connectivity index (χ3n) is 2.60. The van der Waals surface area contributed by atoms with Gasteiger partial charge < -0.3 is 20.1 Å². The van der Waals surface area contributed by atoms with E-state index in [4.69, 9.17) is 9.84 Å². The minimum Gasteiger partial charge on any atom is -0.480 e. The fourth-order valence-electron chi connectivity index (χ4n) is 1.88. The van der Waals surface area contributed by atoms with Gasteiger partial charge in [0.2, 0.25) is 0 Å². The largest absolute Gasteiger partial charge is 0.480 e. The van der Waals surface area contributed by atoms with E-state index >= 15 is 0 Å². The van der Waals surface area contributed by atoms with Gasteiger partial charge in [-0.25, -0.2) is 4.79 Å². The number of hydrogen-bond donors (Lipinski definition) is 2. The summed E-state index contributed by atoms with van der Waals surface area (Å²) in [6, 6.07) is -0.303. The van der Waals surface area contributed by atoms with E-state index in [-0.39, 0.29) is 12.6 Å². The molecule has 1 heterocycles. The second-order valence-electron chi connectivity index (χ2n) is 3.96. The van der Waals surface area contributed by atoms with Gasteiger partial charge in [0.25, 0.3) is 0 Å². The van der Waals surface area contributed by atoms with E-state index in [1.165, 1.54) is 0 Å². The number of methoxy groups -OCH3 is 1. The summed E-state index contributed by atoms with van der Waals surface area (Å²) in [5.74, 6) is -0.673. The molecular weight excluding hydrogens is 212 g/mol. The second kappa shape index (κ2) is 6.32. The first kappa shape index (κ1) is 12.8. The monoisotopic (exact) mass is 230 g/mol. The Morgan fingerprint density at radius 3 is 2.94 bits per heavy atom. The maximum atomic E-state index is 11.6. The van der Waals surface area contributed by atoms with Gasteiger partial charge in [0.15, 0.2) is 0 Å². The quantitative estimate of drug-likeness (QED) is 0.720. The number of rotatable bonds is 4. The predicted octanol–water partition coefficient (Wildman–Crippen LogP) is 0.139. The highest BCUT2D eigenvalue weighted by molar-refractivity contribution is 5.79. The Bertz CT molecular complexity index is 255. The minimum atomic E-state index is -1.03. The molecule has 0 aromatic carbocycles. The van der Waals surface area contributed by atoms with Crippen molar-refractivity contribution in [2.75, 3.05) is 33.4 Å². The van der Waals surface area contributed by atoms with Gasteiger partial charge in [0, 0.05) is 26.1 Å². The summed E-state index contributed by atoms with van der Waals surface area (Å²) in [5, 5.41) is 10.8. The maximum Gasteiger partial charge on any atom is 0.323 e. The number of ether oxygens (including phenoxy) is 1. The van der Waals surface area contributed by atoms with E-state index in [0.717, 1.165) is 12.8 Å². The number of nitrogens with zero attached hydrogens (tertiary/aromatic N) is 1. The molecular formula is C10H18N2O4. The average Bonchev–Trinajstić information content (AvgIpc) is 2.26. The smallest absolute Gasteiger partial charge is 0.323 e. The van der Waals surface area contributed by atoms with Crippen LogP contribution in [0, 0.1) is 5.92 Å². The van der Waals surface area contributed by atoms with E-state index in [2.05, 4.69) is 5.32 Å². The summed E-state index contributed by atoms with van der Waals surface area (Å²) < 4.78 is 5.06. The van der Waals surface area contributed by atoms with Gasteiger partial charge in [-0.05, 0) is 12.8 Å². The minimum absolute atomic E-state index is 0.303. The fraction of sp³-hybridized carbons (Fsp3) is 0.800. The van der Waals surface area contributed by atoms with Crippen molar-refractivity contribution in [1.82, 2.24) is 10.2 Å². The van der Waals surface area contributed by atoms with Gasteiger partial charge in [-0.1, -0.05) is 0 Å². The highest BCUT2D eigenvalue weighted by Crippen LogP contribution is 2.16. The molecule has 0 aromatic heterocycles. The normalized spacial score (nSPS) is 20.6. The van der Waals surface area contributed by atoms with Crippen LogP contribution >= 0.6 is 0 Å². The number of carbonyl (C=O) groups is 2. The number of urea groups is 1. The van der Waals surface area contributed by atoms with Crippen molar-refractivity contribution in [3.8, 4) is 0 Å². The number of aliphatic carboxylic acids is 1. The Kier molecular flexibility index (Phi) is 5.04. The Balaban J connectivity index is 2.34. The topological polar surface area (TPSA) is 78.9 Å². The summed E-state index contributed by atoms with van der Waals surface area (Å²) in [4.78, 5) is 23.5. The molecule has 16 heavy (non-hydrogen) atoms. The van der Waals surface area contributed by atoms with Crippen molar-refractivity contribution in [3.05, 3.63) is 0 Å². The number of amides is 2. The zero-order valence-electron chi connectivity index (χ0n) is 9.44. The van der Waals surface area contributed by atoms with Crippen LogP contribution in [0.5, 0.6) is 0 Å². The lowest BCUT2D eigenvalue weighted by atomic mass is 9.99. The van der Waals surface area contributed by atoms with E-state index in [1.807, 2.05) is 0 Å². The average molecular weight is 230 g/mol. The standard InChI is InChI=1S/C10H18N2O4/c1-16-7-8-3-2-4-12(6-8)10(15)11-5-9(13)14/h8H,2-7H2,1H3,(H,11,15)(H,13,14). The SMILES string of the molecule is COCC1CCCN(C(=O)NCC(=O)O)C1. The molecule has 1 fully saturated rings. The molecule has 0 aromatic rings. The van der Waals surface area contributed by atoms with Crippen molar-refractivity contribution in [2.45, 2.75) is 12.8 Å². The third kappa shape index (κ3) is 4.06. The van der Waals surface area contributed by atoms with E-state index in [0.29, 0.717) is 25.6 Å². The summed E-state index contributed by atoms with van der Waals surface area (Å²) >= 11 is 0. The molecule has 0 spiro atoms. The highest BCUT2D eigenvalue weighted by atomic mass is 16.5. The zero-order valence-corrected chi connectivity index (χ0v) is 9.44. The molecule has 1 atom stereocenters. The summed E-state index contributed by atoms with van der Waals surface area (Å²) in [7, 11) is 1.64. The maximum absolute atomic E-state index is 11.6. The van der Waals surface area contributed by atoms with Crippen molar-refractivity contribution in [1.29, 1.82) is 0 Å². The molecule has 2 N–H and O–H groups in total. The lowest BCUT2D eigenvalue weighted by Crippen LogP contribution is -2.47. The van der Waals surface area contributed by atoms with Crippen LogP contribution in [0.15, 0.2) is 0 Å². The van der Waals surface area contributed by atoms with E-state index in [9.17, 15) is 9.59 Å². The molecule has 6 heteroatoms. The molecule has 6 nitrogen and oxygen atoms in total. The number of carboxylic acid groups (broad SMARTS) is 1. The van der Waals surface area contributed by atoms with Crippen LogP contribution in [0.4, 0.5) is 4.79 Å². The van der Waals surface area contributed by atoms with Gasteiger partial charge in [-0.15, -0.1) is 0 Å². The van der Waals surface area contributed by atoms with Crippen molar-refractivity contribution in [2.24, 2.45) is 5.92 Å². The van der Waals surface area contributed by atoms with Crippen LogP contribution in [0.2, 0.25) is 0 Å². The lowest BCUT2D eigenvalue weighted by molar-refractivity contribution is -0.135. The molecule has 1 saturated heterocycles.